The largest absolute Gasteiger partial charge is 0.497 e. The Labute approximate surface area is 142 Å². The molecule has 0 fully saturated rings. The Morgan fingerprint density at radius 3 is 2.79 bits per heavy atom. The van der Waals surface area contributed by atoms with Crippen molar-refractivity contribution in [2.75, 3.05) is 13.7 Å². The summed E-state index contributed by atoms with van der Waals surface area (Å²) in [6.45, 7) is 4.54. The number of aryl methyl sites for hydroxylation is 2. The number of nitrogens with zero attached hydrogens (tertiary/aromatic N) is 2. The third kappa shape index (κ3) is 4.14. The normalized spacial score (nSPS) is 12.0. The minimum absolute atomic E-state index is 0.400. The summed E-state index contributed by atoms with van der Waals surface area (Å²) in [5, 5.41) is 17.3. The first kappa shape index (κ1) is 18.0. The van der Waals surface area contributed by atoms with Crippen molar-refractivity contribution in [3.05, 3.63) is 46.8 Å². The van der Waals surface area contributed by atoms with Gasteiger partial charge >= 0.3 is 0 Å². The zero-order valence-corrected chi connectivity index (χ0v) is 14.7. The van der Waals surface area contributed by atoms with E-state index in [0.29, 0.717) is 17.9 Å². The lowest BCUT2D eigenvalue weighted by Crippen LogP contribution is -2.30. The standard InChI is InChI=1S/C18H25N3O3/c1-12-16(13(2)21(3)20-12)9-6-10-19-18(23)17(22)14-7-5-8-15(11-14)24-4/h5,7-8,11,17,22H,6,9-10H2,1-4H3,(H,19,23). The lowest BCUT2D eigenvalue weighted by atomic mass is 10.1. The quantitative estimate of drug-likeness (QED) is 0.759. The monoisotopic (exact) mass is 331 g/mol. The highest BCUT2D eigenvalue weighted by Gasteiger charge is 2.17. The molecule has 1 unspecified atom stereocenters. The van der Waals surface area contributed by atoms with E-state index < -0.39 is 12.0 Å². The molecular weight excluding hydrogens is 306 g/mol. The summed E-state index contributed by atoms with van der Waals surface area (Å²) in [6.07, 6.45) is 0.451. The topological polar surface area (TPSA) is 76.4 Å². The van der Waals surface area contributed by atoms with Crippen molar-refractivity contribution >= 4 is 5.91 Å². The maximum absolute atomic E-state index is 12.1. The second-order valence-corrected chi connectivity index (χ2v) is 5.85. The van der Waals surface area contributed by atoms with Crippen LogP contribution in [-0.2, 0) is 18.3 Å². The molecule has 0 aliphatic carbocycles. The Morgan fingerprint density at radius 1 is 1.42 bits per heavy atom. The number of methoxy groups -OCH3 is 1. The van der Waals surface area contributed by atoms with E-state index in [4.69, 9.17) is 4.74 Å². The van der Waals surface area contributed by atoms with E-state index in [1.165, 1.54) is 5.56 Å². The van der Waals surface area contributed by atoms with Crippen molar-refractivity contribution in [2.24, 2.45) is 7.05 Å². The highest BCUT2D eigenvalue weighted by Crippen LogP contribution is 2.19. The number of hydrogen-bond acceptors (Lipinski definition) is 4. The maximum atomic E-state index is 12.1. The van der Waals surface area contributed by atoms with Gasteiger partial charge in [-0.15, -0.1) is 0 Å². The molecule has 1 aromatic carbocycles. The summed E-state index contributed by atoms with van der Waals surface area (Å²) in [4.78, 5) is 12.1. The summed E-state index contributed by atoms with van der Waals surface area (Å²) in [5.74, 6) is 0.213. The molecule has 1 atom stereocenters. The van der Waals surface area contributed by atoms with Crippen LogP contribution in [0.15, 0.2) is 24.3 Å². The van der Waals surface area contributed by atoms with Gasteiger partial charge in [-0.3, -0.25) is 9.48 Å². The van der Waals surface area contributed by atoms with Crippen LogP contribution in [0.2, 0.25) is 0 Å². The summed E-state index contributed by atoms with van der Waals surface area (Å²) in [5.41, 5.74) is 3.92. The van der Waals surface area contributed by atoms with Gasteiger partial charge in [-0.25, -0.2) is 0 Å². The lowest BCUT2D eigenvalue weighted by Gasteiger charge is -2.12. The summed E-state index contributed by atoms with van der Waals surface area (Å²) >= 11 is 0. The fraction of sp³-hybridized carbons (Fsp3) is 0.444. The molecule has 6 heteroatoms. The van der Waals surface area contributed by atoms with Gasteiger partial charge in [-0.05, 0) is 49.9 Å². The predicted molar refractivity (Wildman–Crippen MR) is 92.0 cm³/mol. The van der Waals surface area contributed by atoms with E-state index in [9.17, 15) is 9.90 Å². The number of benzene rings is 1. The molecule has 2 N–H and O–H groups in total. The van der Waals surface area contributed by atoms with E-state index in [1.54, 1.807) is 31.4 Å². The first-order chi connectivity index (χ1) is 11.4. The van der Waals surface area contributed by atoms with E-state index in [-0.39, 0.29) is 0 Å². The van der Waals surface area contributed by atoms with Gasteiger partial charge in [-0.1, -0.05) is 12.1 Å². The average Bonchev–Trinajstić information content (AvgIpc) is 2.83. The molecule has 0 bridgehead atoms. The smallest absolute Gasteiger partial charge is 0.253 e. The minimum atomic E-state index is -1.19. The minimum Gasteiger partial charge on any atom is -0.497 e. The number of hydrogen-bond donors (Lipinski definition) is 2. The van der Waals surface area contributed by atoms with Crippen LogP contribution in [0.5, 0.6) is 5.75 Å². The van der Waals surface area contributed by atoms with E-state index in [1.807, 2.05) is 25.6 Å². The molecular formula is C18H25N3O3. The van der Waals surface area contributed by atoms with Crippen LogP contribution in [0, 0.1) is 13.8 Å². The second-order valence-electron chi connectivity index (χ2n) is 5.85. The number of aliphatic hydroxyl groups is 1. The molecule has 130 valence electrons. The maximum Gasteiger partial charge on any atom is 0.253 e. The number of nitrogens with one attached hydrogen (secondary N) is 1. The van der Waals surface area contributed by atoms with E-state index >= 15 is 0 Å². The van der Waals surface area contributed by atoms with Crippen LogP contribution in [0.4, 0.5) is 0 Å². The molecule has 0 spiro atoms. The Balaban J connectivity index is 1.84. The van der Waals surface area contributed by atoms with E-state index in [0.717, 1.165) is 24.2 Å². The van der Waals surface area contributed by atoms with Crippen molar-refractivity contribution in [3.63, 3.8) is 0 Å². The van der Waals surface area contributed by atoms with Gasteiger partial charge in [-0.2, -0.15) is 5.10 Å². The van der Waals surface area contributed by atoms with Gasteiger partial charge in [0.25, 0.3) is 5.91 Å². The Kier molecular flexibility index (Phi) is 5.98. The molecule has 0 saturated heterocycles. The number of ether oxygens (including phenoxy) is 1. The molecule has 1 aromatic heterocycles. The second kappa shape index (κ2) is 7.97. The van der Waals surface area contributed by atoms with Crippen LogP contribution in [0.1, 0.15) is 35.0 Å². The van der Waals surface area contributed by atoms with Gasteiger partial charge in [0.05, 0.1) is 12.8 Å². The first-order valence-corrected chi connectivity index (χ1v) is 8.02. The van der Waals surface area contributed by atoms with Crippen LogP contribution in [-0.4, -0.2) is 34.4 Å². The van der Waals surface area contributed by atoms with Gasteiger partial charge in [0.15, 0.2) is 6.10 Å². The highest BCUT2D eigenvalue weighted by atomic mass is 16.5. The molecule has 2 aromatic rings. The van der Waals surface area contributed by atoms with Crippen molar-refractivity contribution in [1.82, 2.24) is 15.1 Å². The fourth-order valence-electron chi connectivity index (χ4n) is 2.72. The van der Waals surface area contributed by atoms with Gasteiger partial charge in [0.1, 0.15) is 5.75 Å². The number of amides is 1. The third-order valence-electron chi connectivity index (χ3n) is 4.22. The van der Waals surface area contributed by atoms with Crippen molar-refractivity contribution < 1.29 is 14.6 Å². The van der Waals surface area contributed by atoms with Crippen molar-refractivity contribution in [1.29, 1.82) is 0 Å². The van der Waals surface area contributed by atoms with Gasteiger partial charge in [0.2, 0.25) is 0 Å². The number of aliphatic hydroxyl groups excluding tert-OH is 1. The van der Waals surface area contributed by atoms with Crippen molar-refractivity contribution in [2.45, 2.75) is 32.8 Å². The molecule has 0 radical (unpaired) electrons. The molecule has 6 nitrogen and oxygen atoms in total. The molecule has 1 amide bonds. The fourth-order valence-corrected chi connectivity index (χ4v) is 2.72. The van der Waals surface area contributed by atoms with Crippen LogP contribution < -0.4 is 10.1 Å². The molecule has 0 saturated carbocycles. The summed E-state index contributed by atoms with van der Waals surface area (Å²) in [7, 11) is 3.48. The van der Waals surface area contributed by atoms with Crippen LogP contribution in [0.3, 0.4) is 0 Å². The number of aromatic nitrogens is 2. The summed E-state index contributed by atoms with van der Waals surface area (Å²) in [6, 6.07) is 6.88. The van der Waals surface area contributed by atoms with Gasteiger partial charge < -0.3 is 15.2 Å². The lowest BCUT2D eigenvalue weighted by molar-refractivity contribution is -0.129. The Bertz CT molecular complexity index is 710. The Hall–Kier alpha value is -2.34. The predicted octanol–water partition coefficient (Wildman–Crippen LogP) is 1.83. The molecule has 1 heterocycles. The highest BCUT2D eigenvalue weighted by molar-refractivity contribution is 5.81. The van der Waals surface area contributed by atoms with Crippen molar-refractivity contribution in [3.8, 4) is 5.75 Å². The summed E-state index contributed by atoms with van der Waals surface area (Å²) < 4.78 is 6.98. The molecule has 0 aliphatic rings. The zero-order valence-electron chi connectivity index (χ0n) is 14.7. The number of rotatable bonds is 7. The van der Waals surface area contributed by atoms with Crippen LogP contribution in [0.25, 0.3) is 0 Å². The molecule has 24 heavy (non-hydrogen) atoms. The van der Waals surface area contributed by atoms with Crippen LogP contribution >= 0.6 is 0 Å². The Morgan fingerprint density at radius 2 is 2.17 bits per heavy atom. The van der Waals surface area contributed by atoms with E-state index in [2.05, 4.69) is 10.4 Å². The van der Waals surface area contributed by atoms with Gasteiger partial charge in [0, 0.05) is 19.3 Å². The molecule has 2 rings (SSSR count). The first-order valence-electron chi connectivity index (χ1n) is 8.02. The zero-order chi connectivity index (χ0) is 17.7. The third-order valence-corrected chi connectivity index (χ3v) is 4.22. The number of carbonyl (C=O) groups is 1. The SMILES string of the molecule is COc1cccc(C(O)C(=O)NCCCc2c(C)nn(C)c2C)c1. The number of carbonyl (C=O) groups excluding carboxylic acids is 1. The average molecular weight is 331 g/mol. The molecule has 0 aliphatic heterocycles.